The zero-order valence-corrected chi connectivity index (χ0v) is 22.4. The zero-order chi connectivity index (χ0) is 26.5. The second kappa shape index (κ2) is 9.56. The van der Waals surface area contributed by atoms with Gasteiger partial charge in [0.1, 0.15) is 0 Å². The quantitative estimate of drug-likeness (QED) is 0.313. The summed E-state index contributed by atoms with van der Waals surface area (Å²) in [4.78, 5) is 5.51. The second-order valence-corrected chi connectivity index (χ2v) is 12.0. The Morgan fingerprint density at radius 2 is 1.67 bits per heavy atom. The highest BCUT2D eigenvalue weighted by Crippen LogP contribution is 2.49. The summed E-state index contributed by atoms with van der Waals surface area (Å²) < 4.78 is 60.7. The number of oxime groups is 1. The average Bonchev–Trinajstić information content (AvgIpc) is 3.21. The molecule has 0 spiro atoms. The van der Waals surface area contributed by atoms with Crippen molar-refractivity contribution in [1.82, 2.24) is 0 Å². The minimum absolute atomic E-state index is 0.0527. The van der Waals surface area contributed by atoms with E-state index in [4.69, 9.17) is 39.6 Å². The molecule has 0 aromatic heterocycles. The van der Waals surface area contributed by atoms with E-state index in [9.17, 15) is 17.4 Å². The molecule has 0 aliphatic carbocycles. The molecule has 1 aliphatic rings. The van der Waals surface area contributed by atoms with Gasteiger partial charge < -0.3 is 4.84 Å². The van der Waals surface area contributed by atoms with Gasteiger partial charge in [-0.15, -0.1) is 0 Å². The van der Waals surface area contributed by atoms with Gasteiger partial charge in [-0.2, -0.15) is 17.5 Å². The van der Waals surface area contributed by atoms with Crippen molar-refractivity contribution in [3.63, 3.8) is 0 Å². The highest BCUT2D eigenvalue weighted by Gasteiger charge is 2.62. The monoisotopic (exact) mass is 574 g/mol. The van der Waals surface area contributed by atoms with Crippen LogP contribution >= 0.6 is 34.8 Å². The van der Waals surface area contributed by atoms with E-state index in [-0.39, 0.29) is 21.3 Å². The van der Waals surface area contributed by atoms with E-state index in [0.29, 0.717) is 26.7 Å². The summed E-state index contributed by atoms with van der Waals surface area (Å²) in [7, 11) is -2.90. The third-order valence-electron chi connectivity index (χ3n) is 5.86. The van der Waals surface area contributed by atoms with Crippen molar-refractivity contribution >= 4 is 55.9 Å². The maximum atomic E-state index is 14.3. The van der Waals surface area contributed by atoms with Gasteiger partial charge in [-0.05, 0) is 66.9 Å². The highest BCUT2D eigenvalue weighted by atomic mass is 35.5. The molecule has 1 heterocycles. The normalized spacial score (nSPS) is 19.4. The van der Waals surface area contributed by atoms with E-state index >= 15 is 0 Å². The van der Waals surface area contributed by atoms with Crippen molar-refractivity contribution in [3.05, 3.63) is 91.9 Å². The predicted octanol–water partition coefficient (Wildman–Crippen LogP) is 8.63. The first-order chi connectivity index (χ1) is 16.7. The molecule has 3 aromatic rings. The summed E-state index contributed by atoms with van der Waals surface area (Å²) in [5.41, 5.74) is -0.684. The number of alkyl halides is 3. The molecule has 190 valence electrons. The Hall–Kier alpha value is -2.26. The molecular formula is C25H20Cl3F3N2O2S. The van der Waals surface area contributed by atoms with Crippen molar-refractivity contribution in [2.45, 2.75) is 36.9 Å². The molecule has 0 N–H and O–H groups in total. The van der Waals surface area contributed by atoms with Gasteiger partial charge in [-0.25, -0.2) is 4.21 Å². The Balaban J connectivity index is 1.70. The van der Waals surface area contributed by atoms with Gasteiger partial charge in [-0.1, -0.05) is 58.2 Å². The first kappa shape index (κ1) is 26.8. The fourth-order valence-electron chi connectivity index (χ4n) is 4.11. The first-order valence-electron chi connectivity index (χ1n) is 10.6. The molecule has 0 amide bonds. The summed E-state index contributed by atoms with van der Waals surface area (Å²) >= 11 is 18.2. The van der Waals surface area contributed by atoms with Crippen LogP contribution in [0.15, 0.2) is 69.0 Å². The van der Waals surface area contributed by atoms with Crippen LogP contribution in [0.1, 0.15) is 28.7 Å². The lowest BCUT2D eigenvalue weighted by Crippen LogP contribution is -2.42. The average molecular weight is 576 g/mol. The lowest BCUT2D eigenvalue weighted by Gasteiger charge is -2.29. The summed E-state index contributed by atoms with van der Waals surface area (Å²) in [6.45, 7) is 3.52. The molecular weight excluding hydrogens is 556 g/mol. The third-order valence-corrected chi connectivity index (χ3v) is 8.57. The molecule has 36 heavy (non-hydrogen) atoms. The van der Waals surface area contributed by atoms with Crippen LogP contribution < -0.4 is 0 Å². The lowest BCUT2D eigenvalue weighted by atomic mass is 9.86. The summed E-state index contributed by atoms with van der Waals surface area (Å²) in [5.74, 6) is 0. The molecule has 4 nitrogen and oxygen atoms in total. The fourth-order valence-corrected chi connectivity index (χ4v) is 7.06. The maximum Gasteiger partial charge on any atom is 0.435 e. The summed E-state index contributed by atoms with van der Waals surface area (Å²) in [6, 6.07) is 13.7. The number of hydrogen-bond donors (Lipinski definition) is 0. The smallest absolute Gasteiger partial charge is 0.374 e. The van der Waals surface area contributed by atoms with E-state index in [0.717, 1.165) is 5.56 Å². The highest BCUT2D eigenvalue weighted by molar-refractivity contribution is 7.93. The van der Waals surface area contributed by atoms with Crippen LogP contribution in [0, 0.1) is 13.8 Å². The van der Waals surface area contributed by atoms with E-state index in [1.165, 1.54) is 24.5 Å². The Morgan fingerprint density at radius 1 is 1.00 bits per heavy atom. The van der Waals surface area contributed by atoms with E-state index in [1.54, 1.807) is 50.2 Å². The Bertz CT molecular complexity index is 1470. The first-order valence-corrected chi connectivity index (χ1v) is 13.7. The van der Waals surface area contributed by atoms with Crippen LogP contribution in [0.3, 0.4) is 0 Å². The number of nitrogens with zero attached hydrogens (tertiary/aromatic N) is 2. The standard InChI is InChI=1S/C25H20Cl3F3N2O2S/c1-14-5-4-6-20(28)23(14)36(3,34)33-21-8-7-16(9-15(21)2)22-13-24(35-32-22,25(29,30)31)17-10-18(26)12-19(27)11-17/h4-12H,13H2,1-3H3. The van der Waals surface area contributed by atoms with Crippen molar-refractivity contribution in [1.29, 1.82) is 0 Å². The van der Waals surface area contributed by atoms with E-state index < -0.39 is 27.9 Å². The lowest BCUT2D eigenvalue weighted by molar-refractivity contribution is -0.275. The van der Waals surface area contributed by atoms with Gasteiger partial charge >= 0.3 is 6.18 Å². The fraction of sp³-hybridized carbons (Fsp3) is 0.240. The minimum Gasteiger partial charge on any atom is -0.374 e. The molecule has 2 atom stereocenters. The van der Waals surface area contributed by atoms with Crippen molar-refractivity contribution in [2.24, 2.45) is 9.52 Å². The SMILES string of the molecule is Cc1cc(C2=NOC(c3cc(Cl)cc(Cl)c3)(C(F)(F)F)C2)ccc1N=S(C)(=O)c1c(C)cccc1Cl. The molecule has 4 rings (SSSR count). The number of benzene rings is 3. The molecule has 0 fully saturated rings. The summed E-state index contributed by atoms with van der Waals surface area (Å²) in [6.07, 6.45) is -3.87. The zero-order valence-electron chi connectivity index (χ0n) is 19.3. The van der Waals surface area contributed by atoms with E-state index in [2.05, 4.69) is 9.52 Å². The number of hydrogen-bond acceptors (Lipinski definition) is 4. The molecule has 0 saturated carbocycles. The van der Waals surface area contributed by atoms with Crippen molar-refractivity contribution in [2.75, 3.05) is 6.26 Å². The van der Waals surface area contributed by atoms with Gasteiger partial charge in [0.05, 0.1) is 31.0 Å². The van der Waals surface area contributed by atoms with Gasteiger partial charge in [-0.3, -0.25) is 0 Å². The Labute approximate surface area is 222 Å². The van der Waals surface area contributed by atoms with Crippen LogP contribution in [0.2, 0.25) is 15.1 Å². The molecule has 2 unspecified atom stereocenters. The van der Waals surface area contributed by atoms with Crippen LogP contribution in [-0.4, -0.2) is 22.4 Å². The number of aryl methyl sites for hydroxylation is 2. The van der Waals surface area contributed by atoms with Gasteiger partial charge in [0.2, 0.25) is 0 Å². The number of rotatable bonds is 4. The second-order valence-electron chi connectivity index (χ2n) is 8.57. The molecule has 0 bridgehead atoms. The van der Waals surface area contributed by atoms with Crippen LogP contribution in [-0.2, 0) is 20.2 Å². The van der Waals surface area contributed by atoms with Gasteiger partial charge in [0, 0.05) is 28.3 Å². The summed E-state index contributed by atoms with van der Waals surface area (Å²) in [5, 5.41) is 4.24. The Kier molecular flexibility index (Phi) is 7.11. The van der Waals surface area contributed by atoms with E-state index in [1.807, 2.05) is 0 Å². The molecule has 3 aromatic carbocycles. The Morgan fingerprint density at radius 3 is 2.25 bits per heavy atom. The van der Waals surface area contributed by atoms with Crippen molar-refractivity contribution in [3.8, 4) is 0 Å². The van der Waals surface area contributed by atoms with Gasteiger partial charge in [0.25, 0.3) is 5.60 Å². The third kappa shape index (κ3) is 4.96. The van der Waals surface area contributed by atoms with Crippen LogP contribution in [0.25, 0.3) is 0 Å². The minimum atomic E-state index is -4.79. The molecule has 11 heteroatoms. The van der Waals surface area contributed by atoms with Crippen molar-refractivity contribution < 1.29 is 22.2 Å². The predicted molar refractivity (Wildman–Crippen MR) is 138 cm³/mol. The largest absolute Gasteiger partial charge is 0.435 e. The van der Waals surface area contributed by atoms with Gasteiger partial charge in [0.15, 0.2) is 0 Å². The van der Waals surface area contributed by atoms with Crippen LogP contribution in [0.5, 0.6) is 0 Å². The maximum absolute atomic E-state index is 14.3. The molecule has 0 saturated heterocycles. The van der Waals surface area contributed by atoms with Crippen LogP contribution in [0.4, 0.5) is 18.9 Å². The topological polar surface area (TPSA) is 51.0 Å². The molecule has 0 radical (unpaired) electrons. The molecule has 1 aliphatic heterocycles. The number of halogens is 6.